The molecule has 0 radical (unpaired) electrons. The second-order valence-electron chi connectivity index (χ2n) is 8.59. The first-order valence-corrected chi connectivity index (χ1v) is 14.6. The van der Waals surface area contributed by atoms with Crippen LogP contribution in [0.4, 0.5) is 4.39 Å². The van der Waals surface area contributed by atoms with Crippen LogP contribution in [0.25, 0.3) is 10.1 Å². The molecule has 1 fully saturated rings. The molecule has 1 saturated heterocycles. The van der Waals surface area contributed by atoms with Crippen LogP contribution in [0.5, 0.6) is 5.75 Å². The number of esters is 2. The molecule has 196 valence electrons. The van der Waals surface area contributed by atoms with Gasteiger partial charge in [0.1, 0.15) is 23.3 Å². The zero-order valence-electron chi connectivity index (χ0n) is 20.5. The zero-order chi connectivity index (χ0) is 26.4. The molecule has 7 nitrogen and oxygen atoms in total. The van der Waals surface area contributed by atoms with Crippen molar-refractivity contribution in [2.45, 2.75) is 38.1 Å². The molecule has 2 heterocycles. The molecule has 0 amide bonds. The second kappa shape index (κ2) is 12.0. The number of carbonyl (C=O) groups excluding carboxylic acids is 2. The summed E-state index contributed by atoms with van der Waals surface area (Å²) in [6.45, 7) is 5.96. The van der Waals surface area contributed by atoms with Gasteiger partial charge in [-0.2, -0.15) is 0 Å². The molecule has 0 spiro atoms. The Hall–Kier alpha value is -3.00. The van der Waals surface area contributed by atoms with Crippen LogP contribution in [0, 0.1) is 0 Å². The Bertz CT molecular complexity index is 1310. The van der Waals surface area contributed by atoms with Crippen molar-refractivity contribution in [3.8, 4) is 5.75 Å². The number of hydrogen-bond donors (Lipinski definition) is 0. The summed E-state index contributed by atoms with van der Waals surface area (Å²) < 4.78 is 49.3. The lowest BCUT2D eigenvalue weighted by Gasteiger charge is -2.33. The Morgan fingerprint density at radius 1 is 1.22 bits per heavy atom. The summed E-state index contributed by atoms with van der Waals surface area (Å²) in [5.41, 5.74) is 0.128. The van der Waals surface area contributed by atoms with E-state index in [0.717, 1.165) is 4.70 Å². The summed E-state index contributed by atoms with van der Waals surface area (Å²) >= 11 is 1.22. The number of ether oxygens (including phenoxy) is 2. The number of carbonyl (C=O) groups is 2. The number of fused-ring (bicyclic) bond motifs is 1. The fraction of sp³-hybridized carbons (Fsp3) is 0.333. The Kier molecular flexibility index (Phi) is 8.79. The van der Waals surface area contributed by atoms with Gasteiger partial charge in [-0.3, -0.25) is 9.36 Å². The van der Waals surface area contributed by atoms with Gasteiger partial charge >= 0.3 is 19.5 Å². The van der Waals surface area contributed by atoms with Gasteiger partial charge in [-0.15, -0.1) is 11.3 Å². The Labute approximate surface area is 219 Å². The van der Waals surface area contributed by atoms with Crippen LogP contribution in [0.3, 0.4) is 0 Å². The number of rotatable bonds is 11. The summed E-state index contributed by atoms with van der Waals surface area (Å²) in [4.78, 5) is 25.4. The van der Waals surface area contributed by atoms with Crippen LogP contribution < -0.4 is 4.52 Å². The van der Waals surface area contributed by atoms with Gasteiger partial charge in [0, 0.05) is 11.2 Å². The van der Waals surface area contributed by atoms with E-state index in [-0.39, 0.29) is 31.1 Å². The van der Waals surface area contributed by atoms with Crippen molar-refractivity contribution in [2.24, 2.45) is 0 Å². The van der Waals surface area contributed by atoms with E-state index in [1.165, 1.54) is 28.1 Å². The van der Waals surface area contributed by atoms with Crippen molar-refractivity contribution in [2.75, 3.05) is 19.8 Å². The third kappa shape index (κ3) is 5.95. The van der Waals surface area contributed by atoms with E-state index in [2.05, 4.69) is 6.58 Å². The van der Waals surface area contributed by atoms with Gasteiger partial charge in [0.15, 0.2) is 0 Å². The third-order valence-electron chi connectivity index (χ3n) is 5.92. The number of alkyl halides is 1. The standard InChI is InChI=1S/C27H29FNO6PS/c1-3-15-33-26(30)22-11-8-14-29(22)36(32,35-21-9-6-5-7-10-21)25(28)19-12-13-23-20(17-19)18-24(37-23)27(31)34-16-4-2/h4-7,9-10,12-13,17-18,22,25H,2-3,8,11,14-16H2,1H3/t22-,25-,36?/m0/s1. The number of halogens is 1. The van der Waals surface area contributed by atoms with Crippen molar-refractivity contribution in [1.29, 1.82) is 0 Å². The van der Waals surface area contributed by atoms with Crippen LogP contribution >= 0.6 is 18.9 Å². The third-order valence-corrected chi connectivity index (χ3v) is 9.55. The molecule has 3 aromatic rings. The number of thiophene rings is 1. The SMILES string of the molecule is C=CCOC(=O)c1cc2cc([C@@H](F)P(=O)(Oc3ccccc3)N3CCC[C@H]3C(=O)OCCC)ccc2s1. The monoisotopic (exact) mass is 545 g/mol. The smallest absolute Gasteiger partial charge is 0.358 e. The van der Waals surface area contributed by atoms with Gasteiger partial charge in [-0.05, 0) is 60.5 Å². The van der Waals surface area contributed by atoms with Crippen molar-refractivity contribution >= 4 is 40.9 Å². The highest BCUT2D eigenvalue weighted by atomic mass is 32.1. The molecule has 0 N–H and O–H groups in total. The van der Waals surface area contributed by atoms with Gasteiger partial charge in [0.25, 0.3) is 0 Å². The van der Waals surface area contributed by atoms with Gasteiger partial charge in [-0.1, -0.05) is 43.8 Å². The average Bonchev–Trinajstić information content (AvgIpc) is 3.58. The summed E-state index contributed by atoms with van der Waals surface area (Å²) in [7, 11) is -4.28. The van der Waals surface area contributed by atoms with Crippen molar-refractivity contribution in [1.82, 2.24) is 4.67 Å². The van der Waals surface area contributed by atoms with E-state index in [4.69, 9.17) is 14.0 Å². The molecule has 10 heteroatoms. The number of nitrogens with zero attached hydrogens (tertiary/aromatic N) is 1. The lowest BCUT2D eigenvalue weighted by Crippen LogP contribution is -2.37. The molecule has 0 saturated carbocycles. The molecule has 37 heavy (non-hydrogen) atoms. The van der Waals surface area contributed by atoms with Crippen molar-refractivity contribution < 1.29 is 32.5 Å². The van der Waals surface area contributed by atoms with Crippen LogP contribution in [-0.2, 0) is 18.8 Å². The maximum Gasteiger partial charge on any atom is 0.358 e. The molecule has 1 aromatic heterocycles. The molecule has 1 unspecified atom stereocenters. The van der Waals surface area contributed by atoms with E-state index >= 15 is 4.39 Å². The molecule has 3 atom stereocenters. The zero-order valence-corrected chi connectivity index (χ0v) is 22.2. The second-order valence-corrected chi connectivity index (χ2v) is 11.9. The number of hydrogen-bond acceptors (Lipinski definition) is 7. The van der Waals surface area contributed by atoms with E-state index in [1.54, 1.807) is 48.5 Å². The average molecular weight is 546 g/mol. The fourth-order valence-corrected chi connectivity index (χ4v) is 7.56. The van der Waals surface area contributed by atoms with Gasteiger partial charge in [-0.25, -0.2) is 13.9 Å². The quantitative estimate of drug-likeness (QED) is 0.147. The normalized spacial score (nSPS) is 18.2. The van der Waals surface area contributed by atoms with Crippen LogP contribution in [0.1, 0.15) is 47.3 Å². The van der Waals surface area contributed by atoms with Gasteiger partial charge in [0.2, 0.25) is 5.91 Å². The molecular formula is C27H29FNO6PS. The minimum absolute atomic E-state index is 0.0859. The van der Waals surface area contributed by atoms with E-state index < -0.39 is 31.4 Å². The molecular weight excluding hydrogens is 516 g/mol. The summed E-state index contributed by atoms with van der Waals surface area (Å²) in [5.74, 6) is -2.83. The number of benzene rings is 2. The first-order valence-electron chi connectivity index (χ1n) is 12.1. The van der Waals surface area contributed by atoms with Crippen LogP contribution in [-0.4, -0.2) is 42.4 Å². The summed E-state index contributed by atoms with van der Waals surface area (Å²) in [6, 6.07) is 13.9. The molecule has 2 aromatic carbocycles. The minimum atomic E-state index is -4.28. The Morgan fingerprint density at radius 3 is 2.73 bits per heavy atom. The maximum absolute atomic E-state index is 16.4. The van der Waals surface area contributed by atoms with E-state index in [0.29, 0.717) is 29.5 Å². The predicted molar refractivity (Wildman–Crippen MR) is 142 cm³/mol. The Morgan fingerprint density at radius 2 is 2.00 bits per heavy atom. The van der Waals surface area contributed by atoms with E-state index in [9.17, 15) is 14.2 Å². The summed E-state index contributed by atoms with van der Waals surface area (Å²) in [6.07, 6.45) is 3.08. The lowest BCUT2D eigenvalue weighted by atomic mass is 10.2. The largest absolute Gasteiger partial charge is 0.465 e. The Balaban J connectivity index is 1.69. The van der Waals surface area contributed by atoms with Gasteiger partial charge < -0.3 is 14.0 Å². The highest BCUT2D eigenvalue weighted by Gasteiger charge is 2.51. The van der Waals surface area contributed by atoms with Crippen molar-refractivity contribution in [3.63, 3.8) is 0 Å². The molecule has 0 aliphatic carbocycles. The highest BCUT2D eigenvalue weighted by molar-refractivity contribution is 7.57. The molecule has 0 bridgehead atoms. The highest BCUT2D eigenvalue weighted by Crippen LogP contribution is 2.65. The molecule has 4 rings (SSSR count). The topological polar surface area (TPSA) is 82.1 Å². The van der Waals surface area contributed by atoms with Crippen molar-refractivity contribution in [3.05, 3.63) is 77.7 Å². The first-order chi connectivity index (χ1) is 17.9. The van der Waals surface area contributed by atoms with E-state index in [1.807, 2.05) is 6.92 Å². The van der Waals surface area contributed by atoms with Crippen LogP contribution in [0.2, 0.25) is 0 Å². The fourth-order valence-electron chi connectivity index (χ4n) is 4.19. The predicted octanol–water partition coefficient (Wildman–Crippen LogP) is 6.90. The summed E-state index contributed by atoms with van der Waals surface area (Å²) in [5, 5.41) is 0.613. The maximum atomic E-state index is 16.4. The first kappa shape index (κ1) is 27.0. The van der Waals surface area contributed by atoms with Gasteiger partial charge in [0.05, 0.1) is 6.61 Å². The molecule has 1 aliphatic heterocycles. The van der Waals surface area contributed by atoms with Crippen LogP contribution in [0.15, 0.2) is 67.3 Å². The number of para-hydroxylation sites is 1. The minimum Gasteiger partial charge on any atom is -0.465 e. The molecule has 1 aliphatic rings. The lowest BCUT2D eigenvalue weighted by molar-refractivity contribution is -0.147.